The van der Waals surface area contributed by atoms with Gasteiger partial charge in [0.1, 0.15) is 5.75 Å². The van der Waals surface area contributed by atoms with E-state index >= 15 is 0 Å². The minimum Gasteiger partial charge on any atom is -0.872 e. The molecule has 0 aliphatic rings. The number of hydrogen-bond acceptors (Lipinski definition) is 7. The van der Waals surface area contributed by atoms with Crippen molar-refractivity contribution < 1.29 is 52.2 Å². The second-order valence-electron chi connectivity index (χ2n) is 6.93. The number of hydrogen-bond donors (Lipinski definition) is 4. The number of phenols is 1. The van der Waals surface area contributed by atoms with Crippen LogP contribution in [0.5, 0.6) is 11.5 Å². The molecule has 0 saturated heterocycles. The van der Waals surface area contributed by atoms with E-state index in [1.165, 1.54) is 21.9 Å². The van der Waals surface area contributed by atoms with Gasteiger partial charge in [0.25, 0.3) is 0 Å². The van der Waals surface area contributed by atoms with Crippen LogP contribution in [-0.2, 0) is 39.7 Å². The van der Waals surface area contributed by atoms with E-state index in [2.05, 4.69) is 0 Å². The van der Waals surface area contributed by atoms with Crippen molar-refractivity contribution in [3.05, 3.63) is 59.7 Å². The van der Waals surface area contributed by atoms with Gasteiger partial charge in [0, 0.05) is 31.2 Å². The number of aliphatic hydroxyl groups excluding tert-OH is 1. The molecule has 168 valence electrons. The fourth-order valence-electron chi connectivity index (χ4n) is 3.19. The predicted octanol–water partition coefficient (Wildman–Crippen LogP) is 0.298. The topological polar surface area (TPSA) is 145 Å². The standard InChI is InChI=1S/C21H26N2O7.Fe/c24-14-17(23(13-21(29)30)10-16-6-2-4-8-19(16)26)11-22(12-20(27)28)9-15-5-1-3-7-18(15)25;/h1-8,17,24-26H,9-14H2,(H,27,28)(H,29,30);/q;+2/p-1. The molecular weight excluding hydrogens is 448 g/mol. The molecule has 2 aromatic carbocycles. The van der Waals surface area contributed by atoms with Gasteiger partial charge in [-0.1, -0.05) is 42.5 Å². The first-order chi connectivity index (χ1) is 14.3. The third-order valence-corrected chi connectivity index (χ3v) is 4.62. The molecule has 4 N–H and O–H groups in total. The molecule has 0 heterocycles. The van der Waals surface area contributed by atoms with Crippen LogP contribution in [0.1, 0.15) is 11.1 Å². The van der Waals surface area contributed by atoms with Crippen LogP contribution in [0.25, 0.3) is 0 Å². The van der Waals surface area contributed by atoms with E-state index in [0.717, 1.165) is 0 Å². The number of carbonyl (C=O) groups is 2. The SMILES string of the molecule is O=C(O)CN(Cc1ccccc1O)CC(CO)N(CC(=O)O)Cc1ccccc1[O-].[Fe+2]. The molecule has 9 nitrogen and oxygen atoms in total. The van der Waals surface area contributed by atoms with E-state index in [4.69, 9.17) is 0 Å². The largest absolute Gasteiger partial charge is 2.00 e. The van der Waals surface area contributed by atoms with Crippen molar-refractivity contribution >= 4 is 11.9 Å². The first-order valence-corrected chi connectivity index (χ1v) is 9.32. The summed E-state index contributed by atoms with van der Waals surface area (Å²) in [6, 6.07) is 12.0. The van der Waals surface area contributed by atoms with Gasteiger partial charge >= 0.3 is 29.0 Å². The minimum absolute atomic E-state index is 0. The van der Waals surface area contributed by atoms with Gasteiger partial charge in [-0.25, -0.2) is 0 Å². The zero-order valence-electron chi connectivity index (χ0n) is 16.7. The molecule has 2 aromatic rings. The van der Waals surface area contributed by atoms with Gasteiger partial charge in [0.15, 0.2) is 0 Å². The number of aliphatic hydroxyl groups is 1. The molecule has 0 aromatic heterocycles. The third-order valence-electron chi connectivity index (χ3n) is 4.62. The molecule has 2 rings (SSSR count). The van der Waals surface area contributed by atoms with E-state index in [1.807, 2.05) is 0 Å². The van der Waals surface area contributed by atoms with Gasteiger partial charge in [-0.3, -0.25) is 19.4 Å². The Labute approximate surface area is 190 Å². The van der Waals surface area contributed by atoms with E-state index in [0.29, 0.717) is 11.1 Å². The summed E-state index contributed by atoms with van der Waals surface area (Å²) in [4.78, 5) is 25.6. The fourth-order valence-corrected chi connectivity index (χ4v) is 3.19. The van der Waals surface area contributed by atoms with Crippen LogP contribution in [0.3, 0.4) is 0 Å². The third kappa shape index (κ3) is 8.56. The summed E-state index contributed by atoms with van der Waals surface area (Å²) in [7, 11) is 0. The summed E-state index contributed by atoms with van der Waals surface area (Å²) in [6.45, 7) is -1.14. The molecule has 1 atom stereocenters. The predicted molar refractivity (Wildman–Crippen MR) is 106 cm³/mol. The molecule has 1 unspecified atom stereocenters. The summed E-state index contributed by atoms with van der Waals surface area (Å²) in [5.74, 6) is -2.48. The molecule has 0 fully saturated rings. The molecule has 0 spiro atoms. The number of aromatic hydroxyl groups is 1. The molecule has 0 amide bonds. The first-order valence-electron chi connectivity index (χ1n) is 9.32. The molecule has 0 saturated carbocycles. The Hall–Kier alpha value is -2.62. The van der Waals surface area contributed by atoms with Crippen LogP contribution in [0.4, 0.5) is 0 Å². The van der Waals surface area contributed by atoms with Crippen molar-refractivity contribution in [1.29, 1.82) is 0 Å². The number of benzene rings is 2. The Morgan fingerprint density at radius 1 is 0.903 bits per heavy atom. The van der Waals surface area contributed by atoms with Crippen LogP contribution in [-0.4, -0.2) is 74.4 Å². The van der Waals surface area contributed by atoms with Crippen LogP contribution in [0.15, 0.2) is 48.5 Å². The zero-order chi connectivity index (χ0) is 22.1. The maximum atomic E-state index is 12.0. The Balaban J connectivity index is 0.00000480. The number of rotatable bonds is 12. The van der Waals surface area contributed by atoms with Crippen LogP contribution >= 0.6 is 0 Å². The number of carboxylic acid groups (broad SMARTS) is 2. The number of phenolic OH excluding ortho intramolecular Hbond substituents is 1. The Kier molecular flexibility index (Phi) is 11.0. The molecule has 0 bridgehead atoms. The van der Waals surface area contributed by atoms with E-state index < -0.39 is 31.1 Å². The van der Waals surface area contributed by atoms with E-state index in [1.54, 1.807) is 36.4 Å². The molecule has 10 heteroatoms. The fraction of sp³-hybridized carbons (Fsp3) is 0.333. The number of nitrogens with zero attached hydrogens (tertiary/aromatic N) is 2. The average Bonchev–Trinajstić information content (AvgIpc) is 2.68. The van der Waals surface area contributed by atoms with Crippen molar-refractivity contribution in [2.75, 3.05) is 26.2 Å². The van der Waals surface area contributed by atoms with Crippen molar-refractivity contribution in [2.45, 2.75) is 19.1 Å². The zero-order valence-corrected chi connectivity index (χ0v) is 17.8. The van der Waals surface area contributed by atoms with Crippen molar-refractivity contribution in [1.82, 2.24) is 9.80 Å². The maximum Gasteiger partial charge on any atom is 2.00 e. The summed E-state index contributed by atoms with van der Waals surface area (Å²) >= 11 is 0. The maximum absolute atomic E-state index is 12.0. The van der Waals surface area contributed by atoms with Crippen LogP contribution in [0, 0.1) is 0 Å². The van der Waals surface area contributed by atoms with E-state index in [-0.39, 0.29) is 54.7 Å². The van der Waals surface area contributed by atoms with Gasteiger partial charge in [-0.2, -0.15) is 0 Å². The molecule has 31 heavy (non-hydrogen) atoms. The Morgan fingerprint density at radius 3 is 2.03 bits per heavy atom. The van der Waals surface area contributed by atoms with Crippen molar-refractivity contribution in [2.24, 2.45) is 0 Å². The Morgan fingerprint density at radius 2 is 1.48 bits per heavy atom. The quantitative estimate of drug-likeness (QED) is 0.320. The number of aliphatic carboxylic acids is 2. The van der Waals surface area contributed by atoms with Crippen LogP contribution < -0.4 is 5.11 Å². The molecule has 0 aliphatic heterocycles. The minimum atomic E-state index is -1.14. The van der Waals surface area contributed by atoms with Gasteiger partial charge in [0.2, 0.25) is 0 Å². The summed E-state index contributed by atoms with van der Waals surface area (Å²) in [5, 5.41) is 50.5. The molecule has 0 aliphatic carbocycles. The van der Waals surface area contributed by atoms with Crippen LogP contribution in [0.2, 0.25) is 0 Å². The van der Waals surface area contributed by atoms with Gasteiger partial charge in [-0.05, 0) is 11.6 Å². The van der Waals surface area contributed by atoms with Crippen molar-refractivity contribution in [3.8, 4) is 11.5 Å². The first kappa shape index (κ1) is 26.4. The smallest absolute Gasteiger partial charge is 0.872 e. The monoisotopic (exact) mass is 473 g/mol. The van der Waals surface area contributed by atoms with Gasteiger partial charge < -0.3 is 25.5 Å². The Bertz CT molecular complexity index is 865. The van der Waals surface area contributed by atoms with Crippen molar-refractivity contribution in [3.63, 3.8) is 0 Å². The van der Waals surface area contributed by atoms with Gasteiger partial charge in [0.05, 0.1) is 19.7 Å². The number of para-hydroxylation sites is 2. The summed E-state index contributed by atoms with van der Waals surface area (Å²) in [6.07, 6.45) is 0. The average molecular weight is 473 g/mol. The van der Waals surface area contributed by atoms with Gasteiger partial charge in [-0.15, -0.1) is 5.75 Å². The second-order valence-corrected chi connectivity index (χ2v) is 6.93. The number of carboxylic acids is 2. The van der Waals surface area contributed by atoms with E-state index in [9.17, 15) is 35.1 Å². The molecule has 0 radical (unpaired) electrons. The summed E-state index contributed by atoms with van der Waals surface area (Å²) in [5.41, 5.74) is 0.882. The normalized spacial score (nSPS) is 11.8. The molecular formula is C21H25FeN2O7+. The second kappa shape index (κ2) is 12.9. The summed E-state index contributed by atoms with van der Waals surface area (Å²) < 4.78 is 0.